The Morgan fingerprint density at radius 2 is 1.75 bits per heavy atom. The third kappa shape index (κ3) is 2.93. The van der Waals surface area contributed by atoms with Crippen LogP contribution in [0.25, 0.3) is 11.0 Å². The second-order valence-corrected chi connectivity index (χ2v) is 7.91. The number of nitrogens with zero attached hydrogens (tertiary/aromatic N) is 2. The van der Waals surface area contributed by atoms with E-state index in [-0.39, 0.29) is 22.3 Å². The summed E-state index contributed by atoms with van der Waals surface area (Å²) in [6.07, 6.45) is 1.60. The molecule has 5 rings (SSSR count). The monoisotopic (exact) mass is 450 g/mol. The van der Waals surface area contributed by atoms with Crippen molar-refractivity contribution in [2.75, 3.05) is 26.2 Å². The summed E-state index contributed by atoms with van der Waals surface area (Å²) >= 11 is 1.29. The number of hydrogen-bond donors (Lipinski definition) is 0. The molecule has 0 radical (unpaired) electrons. The molecule has 2 aromatic heterocycles. The number of carbonyl (C=O) groups is 1. The number of rotatable bonds is 5. The summed E-state index contributed by atoms with van der Waals surface area (Å²) in [5, 5.41) is 2.56. The van der Waals surface area contributed by atoms with Crippen molar-refractivity contribution < 1.29 is 23.4 Å². The number of ether oxygens (including phenoxy) is 3. The fourth-order valence-corrected chi connectivity index (χ4v) is 4.62. The zero-order chi connectivity index (χ0) is 22.4. The van der Waals surface area contributed by atoms with Gasteiger partial charge in [0.1, 0.15) is 28.9 Å². The average molecular weight is 450 g/mol. The smallest absolute Gasteiger partial charge is 0.297 e. The Hall–Kier alpha value is -3.85. The second kappa shape index (κ2) is 7.69. The number of thiazole rings is 1. The lowest BCUT2D eigenvalue weighted by Gasteiger charge is -2.24. The molecule has 1 aliphatic heterocycles. The van der Waals surface area contributed by atoms with E-state index in [1.807, 2.05) is 0 Å². The topological polar surface area (TPSA) is 91.1 Å². The number of amides is 1. The van der Waals surface area contributed by atoms with Crippen LogP contribution in [0.3, 0.4) is 0 Å². The minimum atomic E-state index is -0.795. The normalized spacial score (nSPS) is 15.2. The SMILES string of the molecule is COc1ccc(OC)c(C2c3c(oc4cc(OC)ccc4c3=O)C(=O)N2c2nccs2)c1. The van der Waals surface area contributed by atoms with Crippen LogP contribution >= 0.6 is 11.3 Å². The molecular formula is C23H18N2O6S. The zero-order valence-corrected chi connectivity index (χ0v) is 18.3. The van der Waals surface area contributed by atoms with Crippen molar-refractivity contribution in [3.8, 4) is 17.2 Å². The van der Waals surface area contributed by atoms with Gasteiger partial charge in [-0.1, -0.05) is 0 Å². The third-order valence-corrected chi connectivity index (χ3v) is 6.21. The highest BCUT2D eigenvalue weighted by molar-refractivity contribution is 7.13. The quantitative estimate of drug-likeness (QED) is 0.453. The predicted octanol–water partition coefficient (Wildman–Crippen LogP) is 4.03. The fourth-order valence-electron chi connectivity index (χ4n) is 3.96. The Balaban J connectivity index is 1.84. The van der Waals surface area contributed by atoms with Crippen molar-refractivity contribution in [2.45, 2.75) is 6.04 Å². The molecular weight excluding hydrogens is 432 g/mol. The molecule has 32 heavy (non-hydrogen) atoms. The maximum absolute atomic E-state index is 13.6. The number of methoxy groups -OCH3 is 3. The Bertz CT molecular complexity index is 1400. The number of carbonyl (C=O) groups excluding carboxylic acids is 1. The Labute approximate surface area is 186 Å². The molecule has 4 aromatic rings. The Morgan fingerprint density at radius 1 is 1.00 bits per heavy atom. The lowest BCUT2D eigenvalue weighted by atomic mass is 9.97. The number of anilines is 1. The molecule has 0 spiro atoms. The van der Waals surface area contributed by atoms with Crippen molar-refractivity contribution in [1.82, 2.24) is 4.98 Å². The molecule has 1 aliphatic rings. The predicted molar refractivity (Wildman–Crippen MR) is 119 cm³/mol. The number of benzene rings is 2. The summed E-state index contributed by atoms with van der Waals surface area (Å²) in [5.74, 6) is 1.12. The van der Waals surface area contributed by atoms with E-state index in [1.54, 1.807) is 55.1 Å². The lowest BCUT2D eigenvalue weighted by Crippen LogP contribution is -2.29. The van der Waals surface area contributed by atoms with E-state index in [1.165, 1.54) is 30.5 Å². The van der Waals surface area contributed by atoms with Gasteiger partial charge in [0.25, 0.3) is 5.91 Å². The van der Waals surface area contributed by atoms with Crippen molar-refractivity contribution in [3.05, 3.63) is 75.1 Å². The lowest BCUT2D eigenvalue weighted by molar-refractivity contribution is 0.0970. The molecule has 8 nitrogen and oxygen atoms in total. The second-order valence-electron chi connectivity index (χ2n) is 7.04. The summed E-state index contributed by atoms with van der Waals surface area (Å²) in [4.78, 5) is 33.0. The van der Waals surface area contributed by atoms with Gasteiger partial charge in [0.05, 0.1) is 32.3 Å². The summed E-state index contributed by atoms with van der Waals surface area (Å²) in [6, 6.07) is 9.37. The van der Waals surface area contributed by atoms with Gasteiger partial charge < -0.3 is 18.6 Å². The first-order valence-electron chi connectivity index (χ1n) is 9.67. The van der Waals surface area contributed by atoms with Crippen LogP contribution in [-0.4, -0.2) is 32.2 Å². The van der Waals surface area contributed by atoms with E-state index >= 15 is 0 Å². The van der Waals surface area contributed by atoms with Gasteiger partial charge >= 0.3 is 0 Å². The molecule has 1 amide bonds. The summed E-state index contributed by atoms with van der Waals surface area (Å²) in [5.41, 5.74) is 0.800. The first-order valence-corrected chi connectivity index (χ1v) is 10.5. The van der Waals surface area contributed by atoms with Crippen molar-refractivity contribution >= 4 is 33.3 Å². The highest BCUT2D eigenvalue weighted by atomic mass is 32.1. The van der Waals surface area contributed by atoms with Crippen molar-refractivity contribution in [1.29, 1.82) is 0 Å². The molecule has 0 aliphatic carbocycles. The minimum Gasteiger partial charge on any atom is -0.497 e. The Morgan fingerprint density at radius 3 is 2.44 bits per heavy atom. The van der Waals surface area contributed by atoms with E-state index in [9.17, 15) is 9.59 Å². The molecule has 1 atom stereocenters. The van der Waals surface area contributed by atoms with Crippen LogP contribution < -0.4 is 24.5 Å². The molecule has 1 unspecified atom stereocenters. The maximum Gasteiger partial charge on any atom is 0.297 e. The van der Waals surface area contributed by atoms with Crippen LogP contribution in [0.2, 0.25) is 0 Å². The maximum atomic E-state index is 13.6. The third-order valence-electron chi connectivity index (χ3n) is 5.44. The van der Waals surface area contributed by atoms with Crippen LogP contribution in [0.1, 0.15) is 27.7 Å². The van der Waals surface area contributed by atoms with Crippen LogP contribution in [-0.2, 0) is 0 Å². The average Bonchev–Trinajstić information content (AvgIpc) is 3.45. The van der Waals surface area contributed by atoms with E-state index < -0.39 is 11.9 Å². The van der Waals surface area contributed by atoms with Gasteiger partial charge in [-0.2, -0.15) is 0 Å². The van der Waals surface area contributed by atoms with Crippen LogP contribution in [0, 0.1) is 0 Å². The van der Waals surface area contributed by atoms with Gasteiger partial charge in [0, 0.05) is 23.2 Å². The molecule has 2 aromatic carbocycles. The number of aromatic nitrogens is 1. The number of fused-ring (bicyclic) bond motifs is 2. The van der Waals surface area contributed by atoms with Crippen molar-refractivity contribution in [3.63, 3.8) is 0 Å². The summed E-state index contributed by atoms with van der Waals surface area (Å²) in [6.45, 7) is 0. The first kappa shape index (κ1) is 20.1. The van der Waals surface area contributed by atoms with Gasteiger partial charge in [-0.3, -0.25) is 14.5 Å². The van der Waals surface area contributed by atoms with Gasteiger partial charge in [-0.05, 0) is 30.3 Å². The van der Waals surface area contributed by atoms with Gasteiger partial charge in [0.15, 0.2) is 10.6 Å². The summed E-state index contributed by atoms with van der Waals surface area (Å²) in [7, 11) is 4.60. The first-order chi connectivity index (χ1) is 15.6. The van der Waals surface area contributed by atoms with Crippen LogP contribution in [0.4, 0.5) is 5.13 Å². The zero-order valence-electron chi connectivity index (χ0n) is 17.4. The molecule has 0 saturated carbocycles. The molecule has 162 valence electrons. The van der Waals surface area contributed by atoms with E-state index in [0.29, 0.717) is 33.3 Å². The van der Waals surface area contributed by atoms with Gasteiger partial charge in [0.2, 0.25) is 5.76 Å². The molecule has 0 bridgehead atoms. The molecule has 0 N–H and O–H groups in total. The number of hydrogen-bond acceptors (Lipinski definition) is 8. The highest BCUT2D eigenvalue weighted by Gasteiger charge is 2.46. The van der Waals surface area contributed by atoms with Crippen LogP contribution in [0.5, 0.6) is 17.2 Å². The minimum absolute atomic E-state index is 0.0270. The van der Waals surface area contributed by atoms with Crippen LogP contribution in [0.15, 0.2) is 57.2 Å². The Kier molecular flexibility index (Phi) is 4.82. The molecule has 0 fully saturated rings. The molecule has 3 heterocycles. The standard InChI is InChI=1S/C23H18N2O6S/c1-28-12-5-7-16(30-3)15(10-12)19-18-20(26)14-6-4-13(29-2)11-17(14)31-21(18)22(27)25(19)23-24-8-9-32-23/h4-11,19H,1-3H3. The van der Waals surface area contributed by atoms with Crippen molar-refractivity contribution in [2.24, 2.45) is 0 Å². The van der Waals surface area contributed by atoms with E-state index in [4.69, 9.17) is 18.6 Å². The van der Waals surface area contributed by atoms with Gasteiger partial charge in [-0.25, -0.2) is 4.98 Å². The summed E-state index contributed by atoms with van der Waals surface area (Å²) < 4.78 is 22.2. The molecule has 9 heteroatoms. The largest absolute Gasteiger partial charge is 0.497 e. The van der Waals surface area contributed by atoms with Gasteiger partial charge in [-0.15, -0.1) is 11.3 Å². The van der Waals surface area contributed by atoms with E-state index in [0.717, 1.165) is 0 Å². The fraction of sp³-hybridized carbons (Fsp3) is 0.174. The van der Waals surface area contributed by atoms with E-state index in [2.05, 4.69) is 4.98 Å². The molecule has 0 saturated heterocycles. The highest BCUT2D eigenvalue weighted by Crippen LogP contribution is 2.45.